The summed E-state index contributed by atoms with van der Waals surface area (Å²) >= 11 is 0. The average molecular weight is 379 g/mol. The summed E-state index contributed by atoms with van der Waals surface area (Å²) < 4.78 is 11.1. The van der Waals surface area contributed by atoms with Crippen LogP contribution in [0.4, 0.5) is 5.69 Å². The van der Waals surface area contributed by atoms with Gasteiger partial charge in [-0.2, -0.15) is 5.26 Å². The van der Waals surface area contributed by atoms with E-state index in [9.17, 15) is 20.2 Å². The summed E-state index contributed by atoms with van der Waals surface area (Å²) in [4.78, 5) is 28.0. The van der Waals surface area contributed by atoms with Crippen LogP contribution in [0.15, 0.2) is 53.5 Å². The molecular weight excluding hydrogens is 362 g/mol. The number of nitrogens with zero attached hydrogens (tertiary/aromatic N) is 3. The van der Waals surface area contributed by atoms with Gasteiger partial charge in [0.15, 0.2) is 0 Å². The number of benzene rings is 2. The van der Waals surface area contributed by atoms with E-state index < -0.39 is 22.5 Å². The zero-order valence-electron chi connectivity index (χ0n) is 15.3. The van der Waals surface area contributed by atoms with Crippen molar-refractivity contribution in [3.8, 4) is 6.07 Å². The zero-order valence-corrected chi connectivity index (χ0v) is 15.3. The molecule has 0 fully saturated rings. The normalized spacial score (nSPS) is 20.6. The summed E-state index contributed by atoms with van der Waals surface area (Å²) in [6.45, 7) is 3.42. The van der Waals surface area contributed by atoms with Crippen LogP contribution in [0.2, 0.25) is 0 Å². The molecular formula is C20H17N3O5. The van der Waals surface area contributed by atoms with Crippen molar-refractivity contribution in [1.29, 1.82) is 5.26 Å². The Bertz CT molecular complexity index is 997. The predicted octanol–water partition coefficient (Wildman–Crippen LogP) is 3.09. The smallest absolute Gasteiger partial charge is 0.342 e. The lowest BCUT2D eigenvalue weighted by Gasteiger charge is -2.28. The quantitative estimate of drug-likeness (QED) is 0.448. The minimum absolute atomic E-state index is 0.0317. The molecule has 2 aromatic carbocycles. The molecule has 0 aliphatic carbocycles. The van der Waals surface area contributed by atoms with Crippen molar-refractivity contribution in [2.24, 2.45) is 4.99 Å². The van der Waals surface area contributed by atoms with Crippen molar-refractivity contribution in [1.82, 2.24) is 0 Å². The van der Waals surface area contributed by atoms with Gasteiger partial charge < -0.3 is 9.47 Å². The SMILES string of the molecule is CCOC(=O)[C@]1(c2ccc([N+](=O)[O-])cc2C#N)N=C(c2ccccc2)O[C@@H]1C. The Balaban J connectivity index is 2.23. The van der Waals surface area contributed by atoms with Crippen LogP contribution in [0.3, 0.4) is 0 Å². The molecule has 0 aromatic heterocycles. The van der Waals surface area contributed by atoms with Gasteiger partial charge in [-0.05, 0) is 32.0 Å². The maximum Gasteiger partial charge on any atom is 0.342 e. The summed E-state index contributed by atoms with van der Waals surface area (Å²) in [7, 11) is 0. The third-order valence-corrected chi connectivity index (χ3v) is 4.51. The molecule has 0 spiro atoms. The number of ether oxygens (including phenoxy) is 2. The van der Waals surface area contributed by atoms with Gasteiger partial charge in [0.1, 0.15) is 6.10 Å². The molecule has 1 aliphatic rings. The van der Waals surface area contributed by atoms with Crippen LogP contribution < -0.4 is 0 Å². The standard InChI is InChI=1S/C20H17N3O5/c1-3-27-19(24)20(17-10-9-16(23(25)26)11-15(17)12-21)13(2)28-18(22-20)14-7-5-4-6-8-14/h4-11,13H,3H2,1-2H3/t13-,20+/m1/s1. The van der Waals surface area contributed by atoms with Gasteiger partial charge >= 0.3 is 5.97 Å². The van der Waals surface area contributed by atoms with Gasteiger partial charge in [0.2, 0.25) is 11.4 Å². The number of carbonyl (C=O) groups excluding carboxylic acids is 1. The predicted molar refractivity (Wildman–Crippen MR) is 99.6 cm³/mol. The highest BCUT2D eigenvalue weighted by Crippen LogP contribution is 2.41. The highest BCUT2D eigenvalue weighted by Gasteiger charge is 2.54. The molecule has 2 aromatic rings. The lowest BCUT2D eigenvalue weighted by Crippen LogP contribution is -2.43. The van der Waals surface area contributed by atoms with Crippen LogP contribution in [0.5, 0.6) is 0 Å². The molecule has 0 saturated heterocycles. The molecule has 0 unspecified atom stereocenters. The van der Waals surface area contributed by atoms with E-state index in [1.165, 1.54) is 12.1 Å². The molecule has 0 saturated carbocycles. The third kappa shape index (κ3) is 3.07. The highest BCUT2D eigenvalue weighted by molar-refractivity contribution is 6.00. The fourth-order valence-corrected chi connectivity index (χ4v) is 3.16. The Kier molecular flexibility index (Phi) is 5.09. The summed E-state index contributed by atoms with van der Waals surface area (Å²) in [5.41, 5.74) is -1.05. The first-order valence-electron chi connectivity index (χ1n) is 8.62. The van der Waals surface area contributed by atoms with Gasteiger partial charge in [-0.25, -0.2) is 9.79 Å². The maximum absolute atomic E-state index is 13.0. The van der Waals surface area contributed by atoms with Crippen molar-refractivity contribution in [3.63, 3.8) is 0 Å². The van der Waals surface area contributed by atoms with E-state index >= 15 is 0 Å². The van der Waals surface area contributed by atoms with E-state index in [2.05, 4.69) is 4.99 Å². The largest absolute Gasteiger partial charge is 0.471 e. The fourth-order valence-electron chi connectivity index (χ4n) is 3.16. The van der Waals surface area contributed by atoms with E-state index in [0.29, 0.717) is 5.56 Å². The van der Waals surface area contributed by atoms with E-state index in [1.54, 1.807) is 26.0 Å². The number of esters is 1. The lowest BCUT2D eigenvalue weighted by molar-refractivity contribution is -0.384. The molecule has 8 nitrogen and oxygen atoms in total. The third-order valence-electron chi connectivity index (χ3n) is 4.51. The van der Waals surface area contributed by atoms with E-state index in [-0.39, 0.29) is 29.3 Å². The number of nitro groups is 1. The van der Waals surface area contributed by atoms with Gasteiger partial charge in [0.05, 0.1) is 23.2 Å². The van der Waals surface area contributed by atoms with E-state index in [4.69, 9.17) is 9.47 Å². The first-order chi connectivity index (χ1) is 13.4. The van der Waals surface area contributed by atoms with Crippen molar-refractivity contribution >= 4 is 17.6 Å². The number of nitriles is 1. The van der Waals surface area contributed by atoms with Crippen molar-refractivity contribution in [2.45, 2.75) is 25.5 Å². The van der Waals surface area contributed by atoms with Crippen LogP contribution in [0.25, 0.3) is 0 Å². The average Bonchev–Trinajstić information content (AvgIpc) is 3.06. The number of rotatable bonds is 5. The molecule has 1 heterocycles. The first kappa shape index (κ1) is 19.0. The number of carbonyl (C=O) groups is 1. The van der Waals surface area contributed by atoms with Gasteiger partial charge in [0, 0.05) is 23.3 Å². The molecule has 0 amide bonds. The van der Waals surface area contributed by atoms with Crippen molar-refractivity contribution in [3.05, 3.63) is 75.3 Å². The van der Waals surface area contributed by atoms with Crippen LogP contribution in [0.1, 0.15) is 30.5 Å². The topological polar surface area (TPSA) is 115 Å². The summed E-state index contributed by atoms with van der Waals surface area (Å²) in [6.07, 6.45) is -0.782. The summed E-state index contributed by atoms with van der Waals surface area (Å²) in [6, 6.07) is 14.7. The Labute approximate surface area is 161 Å². The molecule has 2 atom stereocenters. The lowest BCUT2D eigenvalue weighted by atomic mass is 9.83. The minimum Gasteiger partial charge on any atom is -0.471 e. The van der Waals surface area contributed by atoms with Gasteiger partial charge in [-0.1, -0.05) is 18.2 Å². The van der Waals surface area contributed by atoms with E-state index in [0.717, 1.165) is 6.07 Å². The fraction of sp³-hybridized carbons (Fsp3) is 0.250. The van der Waals surface area contributed by atoms with Crippen LogP contribution in [-0.2, 0) is 19.8 Å². The Hall–Kier alpha value is -3.73. The molecule has 0 bridgehead atoms. The van der Waals surface area contributed by atoms with Crippen LogP contribution in [-0.4, -0.2) is 29.5 Å². The molecule has 0 N–H and O–H groups in total. The molecule has 1 aliphatic heterocycles. The van der Waals surface area contributed by atoms with Gasteiger partial charge in [0.25, 0.3) is 5.69 Å². The van der Waals surface area contributed by atoms with Gasteiger partial charge in [-0.3, -0.25) is 10.1 Å². The molecule has 28 heavy (non-hydrogen) atoms. The summed E-state index contributed by atoms with van der Waals surface area (Å²) in [5.74, 6) is -0.442. The van der Waals surface area contributed by atoms with E-state index in [1.807, 2.05) is 24.3 Å². The molecule has 142 valence electrons. The van der Waals surface area contributed by atoms with Crippen LogP contribution >= 0.6 is 0 Å². The maximum atomic E-state index is 13.0. The molecule has 0 radical (unpaired) electrons. The van der Waals surface area contributed by atoms with Crippen LogP contribution in [0, 0.1) is 21.4 Å². The number of hydrogen-bond donors (Lipinski definition) is 0. The number of non-ortho nitro benzene ring substituents is 1. The van der Waals surface area contributed by atoms with Crippen molar-refractivity contribution < 1.29 is 19.2 Å². The number of aliphatic imine (C=N–C) groups is 1. The second-order valence-corrected chi connectivity index (χ2v) is 6.13. The Morgan fingerprint density at radius 1 is 1.36 bits per heavy atom. The first-order valence-corrected chi connectivity index (χ1v) is 8.62. The summed E-state index contributed by atoms with van der Waals surface area (Å²) in [5, 5.41) is 20.6. The van der Waals surface area contributed by atoms with Crippen molar-refractivity contribution in [2.75, 3.05) is 6.61 Å². The second-order valence-electron chi connectivity index (χ2n) is 6.13. The Morgan fingerprint density at radius 3 is 2.68 bits per heavy atom. The second kappa shape index (κ2) is 7.48. The highest BCUT2D eigenvalue weighted by atomic mass is 16.6. The van der Waals surface area contributed by atoms with Gasteiger partial charge in [-0.15, -0.1) is 0 Å². The zero-order chi connectivity index (χ0) is 20.3. The number of hydrogen-bond acceptors (Lipinski definition) is 7. The molecule has 8 heteroatoms. The number of nitro benzene ring substituents is 1. The monoisotopic (exact) mass is 379 g/mol. The minimum atomic E-state index is -1.64. The Morgan fingerprint density at radius 2 is 2.07 bits per heavy atom. The molecule has 3 rings (SSSR count).